The van der Waals surface area contributed by atoms with Gasteiger partial charge in [-0.15, -0.1) is 0 Å². The lowest BCUT2D eigenvalue weighted by molar-refractivity contribution is -0.147. The molecule has 0 radical (unpaired) electrons. The van der Waals surface area contributed by atoms with E-state index in [4.69, 9.17) is 21.7 Å². The van der Waals surface area contributed by atoms with Crippen LogP contribution in [0.2, 0.25) is 0 Å². The van der Waals surface area contributed by atoms with Crippen molar-refractivity contribution in [3.8, 4) is 5.75 Å². The van der Waals surface area contributed by atoms with E-state index in [9.17, 15) is 14.4 Å². The molecule has 1 atom stereocenters. The molecule has 2 aromatic carbocycles. The van der Waals surface area contributed by atoms with E-state index in [0.717, 1.165) is 12.0 Å². The normalized spacial score (nSPS) is 15.2. The molecule has 1 saturated heterocycles. The summed E-state index contributed by atoms with van der Waals surface area (Å²) < 4.78 is 11.9. The van der Waals surface area contributed by atoms with E-state index in [2.05, 4.69) is 26.6 Å². The van der Waals surface area contributed by atoms with Crippen molar-refractivity contribution in [1.29, 1.82) is 0 Å². The number of ether oxygens (including phenoxy) is 2. The van der Waals surface area contributed by atoms with Gasteiger partial charge in [0.1, 0.15) is 11.8 Å². The number of amides is 2. The van der Waals surface area contributed by atoms with E-state index < -0.39 is 17.9 Å². The van der Waals surface area contributed by atoms with Crippen LogP contribution in [0.5, 0.6) is 5.75 Å². The van der Waals surface area contributed by atoms with Gasteiger partial charge in [-0.05, 0) is 48.3 Å². The summed E-state index contributed by atoms with van der Waals surface area (Å²) in [6.45, 7) is 5.46. The number of carbonyl (C=O) groups is 3. The van der Waals surface area contributed by atoms with E-state index >= 15 is 0 Å². The van der Waals surface area contributed by atoms with E-state index in [0.29, 0.717) is 54.4 Å². The van der Waals surface area contributed by atoms with Gasteiger partial charge in [-0.3, -0.25) is 19.7 Å². The predicted octanol–water partition coefficient (Wildman–Crippen LogP) is 3.87. The van der Waals surface area contributed by atoms with Crippen molar-refractivity contribution in [3.05, 3.63) is 64.1 Å². The van der Waals surface area contributed by atoms with Gasteiger partial charge in [-0.2, -0.15) is 0 Å². The number of piperazine rings is 1. The van der Waals surface area contributed by atoms with Gasteiger partial charge in [0, 0.05) is 24.0 Å². The smallest absolute Gasteiger partial charge is 0.308 e. The highest BCUT2D eigenvalue weighted by molar-refractivity contribution is 9.10. The second-order valence-electron chi connectivity index (χ2n) is 9.09. The zero-order chi connectivity index (χ0) is 26.8. The van der Waals surface area contributed by atoms with Crippen molar-refractivity contribution in [2.24, 2.45) is 5.92 Å². The van der Waals surface area contributed by atoms with Crippen LogP contribution in [0.1, 0.15) is 42.6 Å². The molecule has 2 N–H and O–H groups in total. The fourth-order valence-corrected chi connectivity index (χ4v) is 4.42. The molecule has 1 heterocycles. The highest BCUT2D eigenvalue weighted by Gasteiger charge is 2.34. The first-order chi connectivity index (χ1) is 17.7. The Balaban J connectivity index is 1.64. The van der Waals surface area contributed by atoms with Crippen LogP contribution in [-0.4, -0.2) is 60.1 Å². The van der Waals surface area contributed by atoms with Crippen LogP contribution >= 0.6 is 28.1 Å². The Hall–Kier alpha value is -2.98. The fourth-order valence-electron chi connectivity index (χ4n) is 3.75. The highest BCUT2D eigenvalue weighted by Crippen LogP contribution is 2.24. The van der Waals surface area contributed by atoms with Gasteiger partial charge < -0.3 is 19.7 Å². The SMILES string of the molecule is CC(C)CCOC(=O)CC1C(=O)NCCN1C(=S)NC(=O)c1cc(Br)ccc1OCCc1ccccc1. The van der Waals surface area contributed by atoms with Crippen LogP contribution in [0.3, 0.4) is 0 Å². The van der Waals surface area contributed by atoms with Crippen LogP contribution in [-0.2, 0) is 20.7 Å². The van der Waals surface area contributed by atoms with Gasteiger partial charge in [-0.25, -0.2) is 0 Å². The molecule has 0 saturated carbocycles. The van der Waals surface area contributed by atoms with Gasteiger partial charge in [-0.1, -0.05) is 60.1 Å². The molecule has 37 heavy (non-hydrogen) atoms. The standard InChI is InChI=1S/C27H32BrN3O5S/c1-18(2)10-14-36-24(32)17-22-26(34)29-12-13-31(22)27(37)30-25(33)21-16-20(28)8-9-23(21)35-15-11-19-6-4-3-5-7-19/h3-9,16,18,22H,10-15,17H2,1-2H3,(H,29,34)(H,30,33,37). The molecule has 0 spiro atoms. The van der Waals surface area contributed by atoms with Gasteiger partial charge in [0.15, 0.2) is 5.11 Å². The number of hydrogen-bond acceptors (Lipinski definition) is 6. The minimum atomic E-state index is -0.864. The first-order valence-electron chi connectivity index (χ1n) is 12.3. The number of carbonyl (C=O) groups excluding carboxylic acids is 3. The zero-order valence-corrected chi connectivity index (χ0v) is 23.4. The van der Waals surface area contributed by atoms with Gasteiger partial charge in [0.25, 0.3) is 5.91 Å². The summed E-state index contributed by atoms with van der Waals surface area (Å²) in [6.07, 6.45) is 1.27. The van der Waals surface area contributed by atoms with E-state index in [1.54, 1.807) is 23.1 Å². The van der Waals surface area contributed by atoms with Crippen molar-refractivity contribution in [1.82, 2.24) is 15.5 Å². The number of halogens is 1. The average molecular weight is 591 g/mol. The molecular weight excluding hydrogens is 558 g/mol. The Morgan fingerprint density at radius 2 is 1.95 bits per heavy atom. The Bertz CT molecular complexity index is 1110. The Labute approximate surface area is 231 Å². The monoisotopic (exact) mass is 589 g/mol. The zero-order valence-electron chi connectivity index (χ0n) is 21.0. The van der Waals surface area contributed by atoms with Crippen LogP contribution in [0.15, 0.2) is 53.0 Å². The number of nitrogens with zero attached hydrogens (tertiary/aromatic N) is 1. The van der Waals surface area contributed by atoms with Crippen LogP contribution in [0.25, 0.3) is 0 Å². The first-order valence-corrected chi connectivity index (χ1v) is 13.5. The molecule has 0 bridgehead atoms. The number of rotatable bonds is 10. The van der Waals surface area contributed by atoms with E-state index in [1.807, 2.05) is 44.2 Å². The lowest BCUT2D eigenvalue weighted by Gasteiger charge is -2.36. The predicted molar refractivity (Wildman–Crippen MR) is 148 cm³/mol. The summed E-state index contributed by atoms with van der Waals surface area (Å²) in [7, 11) is 0. The van der Waals surface area contributed by atoms with Crippen LogP contribution in [0, 0.1) is 5.92 Å². The average Bonchev–Trinajstić information content (AvgIpc) is 2.86. The number of esters is 1. The third-order valence-electron chi connectivity index (χ3n) is 5.81. The third-order valence-corrected chi connectivity index (χ3v) is 6.64. The number of nitrogens with one attached hydrogen (secondary N) is 2. The Morgan fingerprint density at radius 1 is 1.19 bits per heavy atom. The molecule has 198 valence electrons. The van der Waals surface area contributed by atoms with E-state index in [1.165, 1.54) is 0 Å². The van der Waals surface area contributed by atoms with Crippen LogP contribution < -0.4 is 15.4 Å². The molecule has 0 aromatic heterocycles. The maximum atomic E-state index is 13.2. The lowest BCUT2D eigenvalue weighted by Crippen LogP contribution is -2.60. The van der Waals surface area contributed by atoms with Crippen molar-refractivity contribution < 1.29 is 23.9 Å². The number of hydrogen-bond donors (Lipinski definition) is 2. The largest absolute Gasteiger partial charge is 0.492 e. The van der Waals surface area contributed by atoms with Gasteiger partial charge >= 0.3 is 5.97 Å². The molecule has 3 rings (SSSR count). The fraction of sp³-hybridized carbons (Fsp3) is 0.407. The van der Waals surface area contributed by atoms with Crippen LogP contribution in [0.4, 0.5) is 0 Å². The molecule has 2 aromatic rings. The minimum absolute atomic E-state index is 0.0649. The Morgan fingerprint density at radius 3 is 2.68 bits per heavy atom. The number of benzene rings is 2. The van der Waals surface area contributed by atoms with Crippen molar-refractivity contribution in [2.45, 2.75) is 39.2 Å². The first kappa shape index (κ1) is 28.6. The van der Waals surface area contributed by atoms with Crippen molar-refractivity contribution in [3.63, 3.8) is 0 Å². The topological polar surface area (TPSA) is 97.0 Å². The molecule has 8 nitrogen and oxygen atoms in total. The second kappa shape index (κ2) is 14.1. The van der Waals surface area contributed by atoms with Gasteiger partial charge in [0.2, 0.25) is 5.91 Å². The van der Waals surface area contributed by atoms with Crippen molar-refractivity contribution >= 4 is 51.0 Å². The second-order valence-corrected chi connectivity index (χ2v) is 10.4. The summed E-state index contributed by atoms with van der Waals surface area (Å²) in [5.74, 6) is -0.472. The third kappa shape index (κ3) is 8.82. The van der Waals surface area contributed by atoms with Gasteiger partial charge in [0.05, 0.1) is 25.2 Å². The maximum absolute atomic E-state index is 13.2. The molecule has 1 fully saturated rings. The summed E-state index contributed by atoms with van der Waals surface area (Å²) in [4.78, 5) is 39.7. The molecule has 1 aliphatic rings. The molecular formula is C27H32BrN3O5S. The molecule has 1 aliphatic heterocycles. The molecule has 2 amide bonds. The summed E-state index contributed by atoms with van der Waals surface area (Å²) >= 11 is 8.89. The Kier molecular flexibility index (Phi) is 10.9. The van der Waals surface area contributed by atoms with E-state index in [-0.39, 0.29) is 17.4 Å². The quantitative estimate of drug-likeness (QED) is 0.321. The van der Waals surface area contributed by atoms with Crippen molar-refractivity contribution in [2.75, 3.05) is 26.3 Å². The summed E-state index contributed by atoms with van der Waals surface area (Å²) in [6, 6.07) is 14.2. The summed E-state index contributed by atoms with van der Waals surface area (Å²) in [5, 5.41) is 5.52. The highest BCUT2D eigenvalue weighted by atomic mass is 79.9. The molecule has 10 heteroatoms. The maximum Gasteiger partial charge on any atom is 0.308 e. The minimum Gasteiger partial charge on any atom is -0.492 e. The lowest BCUT2D eigenvalue weighted by atomic mass is 10.1. The molecule has 0 aliphatic carbocycles. The number of thiocarbonyl (C=S) groups is 1. The molecule has 1 unspecified atom stereocenters. The summed E-state index contributed by atoms with van der Waals surface area (Å²) in [5.41, 5.74) is 1.43.